The molecule has 2 atom stereocenters. The second-order valence-electron chi connectivity index (χ2n) is 14.1. The van der Waals surface area contributed by atoms with E-state index in [0.29, 0.717) is 11.1 Å². The van der Waals surface area contributed by atoms with Crippen molar-refractivity contribution < 1.29 is 34.2 Å². The predicted octanol–water partition coefficient (Wildman–Crippen LogP) is 3.33. The number of aliphatic carboxylic acids is 1. The van der Waals surface area contributed by atoms with E-state index in [1.807, 2.05) is 72.8 Å². The lowest BCUT2D eigenvalue weighted by Gasteiger charge is -2.26. The molecule has 280 valence electrons. The van der Waals surface area contributed by atoms with E-state index in [9.17, 15) is 33.9 Å². The highest BCUT2D eigenvalue weighted by Gasteiger charge is 2.31. The predicted molar refractivity (Wildman–Crippen MR) is 204 cm³/mol. The van der Waals surface area contributed by atoms with E-state index in [4.69, 9.17) is 5.11 Å². The van der Waals surface area contributed by atoms with Crippen LogP contribution in [0.15, 0.2) is 95.8 Å². The molecule has 54 heavy (non-hydrogen) atoms. The zero-order chi connectivity index (χ0) is 39.2. The first-order valence-electron chi connectivity index (χ1n) is 17.4. The van der Waals surface area contributed by atoms with Gasteiger partial charge in [0.25, 0.3) is 11.5 Å². The number of nitrogens with zero attached hydrogens (tertiary/aromatic N) is 1. The number of carboxylic acid groups (broad SMARTS) is 1. The van der Waals surface area contributed by atoms with Gasteiger partial charge in [-0.25, -0.2) is 0 Å². The van der Waals surface area contributed by atoms with Crippen molar-refractivity contribution in [1.29, 1.82) is 0 Å². The molecule has 0 radical (unpaired) electrons. The zero-order valence-corrected chi connectivity index (χ0v) is 30.4. The standard InChI is InChI=1S/C41H43N5O8/c1-41(2,3)40(54)45-31(21-25-14-16-27-12-8-9-13-28(27)18-25)37(51)44-30(20-24-10-6-5-7-11-24)36(50)42-22-26-15-17-32-29(19-26)35(49)34(39(53)46(32)4)38(52)43-23-33(47)48/h5-19,30-31,49H,20-23H2,1-4H3,(H,42,50)(H,43,52)(H,44,51)(H,45,54)(H,47,48)/t30-,31+/m1/s1. The molecule has 0 unspecified atom stereocenters. The lowest BCUT2D eigenvalue weighted by atomic mass is 9.94. The molecule has 1 heterocycles. The number of hydrogen-bond acceptors (Lipinski definition) is 7. The number of aromatic nitrogens is 1. The molecule has 6 N–H and O–H groups in total. The number of rotatable bonds is 13. The monoisotopic (exact) mass is 733 g/mol. The van der Waals surface area contributed by atoms with Crippen LogP contribution in [0.1, 0.15) is 47.8 Å². The molecule has 13 nitrogen and oxygen atoms in total. The molecule has 0 fully saturated rings. The van der Waals surface area contributed by atoms with E-state index in [-0.39, 0.29) is 30.7 Å². The second kappa shape index (κ2) is 16.4. The van der Waals surface area contributed by atoms with Crippen LogP contribution in [0.4, 0.5) is 0 Å². The van der Waals surface area contributed by atoms with Gasteiger partial charge in [0.05, 0.1) is 5.52 Å². The van der Waals surface area contributed by atoms with Crippen LogP contribution < -0.4 is 26.8 Å². The van der Waals surface area contributed by atoms with Crippen LogP contribution in [0, 0.1) is 5.41 Å². The first kappa shape index (κ1) is 38.7. The van der Waals surface area contributed by atoms with Gasteiger partial charge in [-0.2, -0.15) is 0 Å². The minimum atomic E-state index is -1.32. The van der Waals surface area contributed by atoms with Crippen LogP contribution in [-0.4, -0.2) is 63.0 Å². The van der Waals surface area contributed by atoms with Crippen LogP contribution in [0.25, 0.3) is 21.7 Å². The topological polar surface area (TPSA) is 196 Å². The van der Waals surface area contributed by atoms with E-state index in [2.05, 4.69) is 21.3 Å². The summed E-state index contributed by atoms with van der Waals surface area (Å²) in [6.07, 6.45) is 0.321. The Kier molecular flexibility index (Phi) is 11.8. The summed E-state index contributed by atoms with van der Waals surface area (Å²) < 4.78 is 1.16. The summed E-state index contributed by atoms with van der Waals surface area (Å²) in [4.78, 5) is 77.6. The van der Waals surface area contributed by atoms with E-state index in [0.717, 1.165) is 26.5 Å². The van der Waals surface area contributed by atoms with Crippen molar-refractivity contribution in [2.45, 2.75) is 52.2 Å². The van der Waals surface area contributed by atoms with Gasteiger partial charge in [0.1, 0.15) is 29.9 Å². The van der Waals surface area contributed by atoms with Crippen LogP contribution in [-0.2, 0) is 45.6 Å². The molecule has 0 spiro atoms. The van der Waals surface area contributed by atoms with Crippen molar-refractivity contribution in [2.24, 2.45) is 12.5 Å². The lowest BCUT2D eigenvalue weighted by Crippen LogP contribution is -2.56. The molecular weight excluding hydrogens is 690 g/mol. The number of amides is 4. The van der Waals surface area contributed by atoms with Crippen molar-refractivity contribution in [2.75, 3.05) is 6.54 Å². The minimum Gasteiger partial charge on any atom is -0.506 e. The second-order valence-corrected chi connectivity index (χ2v) is 14.1. The number of carbonyl (C=O) groups excluding carboxylic acids is 4. The first-order chi connectivity index (χ1) is 25.6. The summed E-state index contributed by atoms with van der Waals surface area (Å²) in [6, 6.07) is 25.5. The first-order valence-corrected chi connectivity index (χ1v) is 17.4. The van der Waals surface area contributed by atoms with E-state index < -0.39 is 64.6 Å². The van der Waals surface area contributed by atoms with Gasteiger partial charge in [0, 0.05) is 37.2 Å². The van der Waals surface area contributed by atoms with Crippen molar-refractivity contribution in [3.05, 3.63) is 124 Å². The van der Waals surface area contributed by atoms with E-state index in [1.165, 1.54) is 13.1 Å². The molecule has 0 bridgehead atoms. The van der Waals surface area contributed by atoms with Crippen LogP contribution >= 0.6 is 0 Å². The van der Waals surface area contributed by atoms with Gasteiger partial charge >= 0.3 is 5.97 Å². The highest BCUT2D eigenvalue weighted by Crippen LogP contribution is 2.27. The Morgan fingerprint density at radius 1 is 0.722 bits per heavy atom. The lowest BCUT2D eigenvalue weighted by molar-refractivity contribution is -0.136. The molecule has 0 aliphatic heterocycles. The Labute approximate surface area is 311 Å². The van der Waals surface area contributed by atoms with Gasteiger partial charge in [-0.3, -0.25) is 28.8 Å². The highest BCUT2D eigenvalue weighted by molar-refractivity contribution is 6.03. The Balaban J connectivity index is 1.39. The molecule has 0 aliphatic carbocycles. The van der Waals surface area contributed by atoms with Crippen molar-refractivity contribution >= 4 is 51.3 Å². The maximum absolute atomic E-state index is 14.0. The van der Waals surface area contributed by atoms with Gasteiger partial charge in [0.2, 0.25) is 17.7 Å². The number of hydrogen-bond donors (Lipinski definition) is 6. The number of nitrogens with one attached hydrogen (secondary N) is 4. The summed E-state index contributed by atoms with van der Waals surface area (Å²) in [7, 11) is 1.41. The number of fused-ring (bicyclic) bond motifs is 2. The number of aryl methyl sites for hydroxylation is 1. The maximum Gasteiger partial charge on any atom is 0.322 e. The largest absolute Gasteiger partial charge is 0.506 e. The number of carbonyl (C=O) groups is 5. The van der Waals surface area contributed by atoms with Gasteiger partial charge in [-0.1, -0.05) is 99.6 Å². The average molecular weight is 734 g/mol. The Hall–Kier alpha value is -6.50. The van der Waals surface area contributed by atoms with Crippen molar-refractivity contribution in [3.8, 4) is 5.75 Å². The van der Waals surface area contributed by atoms with E-state index in [1.54, 1.807) is 32.9 Å². The van der Waals surface area contributed by atoms with Crippen LogP contribution in [0.5, 0.6) is 5.75 Å². The van der Waals surface area contributed by atoms with Gasteiger partial charge in [0.15, 0.2) is 0 Å². The highest BCUT2D eigenvalue weighted by atomic mass is 16.4. The molecule has 4 amide bonds. The molecule has 1 aromatic heterocycles. The molecule has 0 aliphatic rings. The number of benzene rings is 4. The molecule has 0 saturated heterocycles. The third-order valence-corrected chi connectivity index (χ3v) is 9.00. The fourth-order valence-corrected chi connectivity index (χ4v) is 5.97. The van der Waals surface area contributed by atoms with Gasteiger partial charge in [-0.15, -0.1) is 0 Å². The molecular formula is C41H43N5O8. The Morgan fingerprint density at radius 2 is 1.35 bits per heavy atom. The summed E-state index contributed by atoms with van der Waals surface area (Å²) in [5, 5.41) is 32.8. The molecule has 5 aromatic rings. The Bertz CT molecular complexity index is 2300. The maximum atomic E-state index is 14.0. The molecule has 4 aromatic carbocycles. The van der Waals surface area contributed by atoms with Gasteiger partial charge in [-0.05, 0) is 39.6 Å². The summed E-state index contributed by atoms with van der Waals surface area (Å²) in [5.41, 5.74) is 0.187. The normalized spacial score (nSPS) is 12.4. The summed E-state index contributed by atoms with van der Waals surface area (Å²) in [5.74, 6) is -4.39. The molecule has 13 heteroatoms. The van der Waals surface area contributed by atoms with Crippen LogP contribution in [0.2, 0.25) is 0 Å². The summed E-state index contributed by atoms with van der Waals surface area (Å²) in [6.45, 7) is 4.44. The molecule has 0 saturated carbocycles. The smallest absolute Gasteiger partial charge is 0.322 e. The quantitative estimate of drug-likeness (QED) is 0.106. The van der Waals surface area contributed by atoms with Crippen LogP contribution in [0.3, 0.4) is 0 Å². The third-order valence-electron chi connectivity index (χ3n) is 9.00. The average Bonchev–Trinajstić information content (AvgIpc) is 3.14. The van der Waals surface area contributed by atoms with E-state index >= 15 is 0 Å². The number of carboxylic acids is 1. The summed E-state index contributed by atoms with van der Waals surface area (Å²) >= 11 is 0. The third kappa shape index (κ3) is 9.29. The number of pyridine rings is 1. The fourth-order valence-electron chi connectivity index (χ4n) is 5.97. The Morgan fingerprint density at radius 3 is 2.04 bits per heavy atom. The SMILES string of the molecule is Cn1c(=O)c(C(=O)NCC(=O)O)c(O)c2cc(CNC(=O)[C@@H](Cc3ccccc3)NC(=O)[C@H](Cc3ccc4ccccc4c3)NC(=O)C(C)(C)C)ccc21. The number of aromatic hydroxyl groups is 1. The van der Waals surface area contributed by atoms with Crippen molar-refractivity contribution in [1.82, 2.24) is 25.8 Å². The fraction of sp³-hybridized carbons (Fsp3) is 0.268. The van der Waals surface area contributed by atoms with Crippen molar-refractivity contribution in [3.63, 3.8) is 0 Å². The van der Waals surface area contributed by atoms with Gasteiger partial charge < -0.3 is 36.0 Å². The minimum absolute atomic E-state index is 0.0555. The molecule has 5 rings (SSSR count). The zero-order valence-electron chi connectivity index (χ0n) is 30.4.